The van der Waals surface area contributed by atoms with Gasteiger partial charge in [-0.3, -0.25) is 10.8 Å². The van der Waals surface area contributed by atoms with Crippen molar-refractivity contribution in [1.82, 2.24) is 10.4 Å². The van der Waals surface area contributed by atoms with Crippen molar-refractivity contribution >= 4 is 0 Å². The van der Waals surface area contributed by atoms with E-state index in [2.05, 4.69) is 10.4 Å². The molecule has 0 bridgehead atoms. The van der Waals surface area contributed by atoms with E-state index in [9.17, 15) is 8.78 Å². The van der Waals surface area contributed by atoms with E-state index in [0.29, 0.717) is 11.1 Å². The SMILES string of the molecule is Cc1cc(C(NN)c2cnccc2C)c(F)cc1F. The minimum absolute atomic E-state index is 0.303. The molecule has 0 saturated carbocycles. The Bertz CT molecular complexity index is 599. The Kier molecular flexibility index (Phi) is 3.87. The van der Waals surface area contributed by atoms with Crippen LogP contribution < -0.4 is 11.3 Å². The number of nitrogens with two attached hydrogens (primary N) is 1. The molecule has 0 aliphatic rings. The van der Waals surface area contributed by atoms with Gasteiger partial charge in [0.2, 0.25) is 0 Å². The summed E-state index contributed by atoms with van der Waals surface area (Å²) >= 11 is 0. The maximum absolute atomic E-state index is 13.9. The van der Waals surface area contributed by atoms with Crippen LogP contribution in [-0.4, -0.2) is 4.98 Å². The van der Waals surface area contributed by atoms with E-state index in [4.69, 9.17) is 5.84 Å². The van der Waals surface area contributed by atoms with Gasteiger partial charge in [0.05, 0.1) is 6.04 Å². The summed E-state index contributed by atoms with van der Waals surface area (Å²) in [7, 11) is 0. The van der Waals surface area contributed by atoms with Crippen molar-refractivity contribution in [1.29, 1.82) is 0 Å². The Balaban J connectivity index is 2.55. The lowest BCUT2D eigenvalue weighted by Crippen LogP contribution is -2.30. The van der Waals surface area contributed by atoms with Gasteiger partial charge in [-0.1, -0.05) is 0 Å². The summed E-state index contributed by atoms with van der Waals surface area (Å²) in [5.74, 6) is 4.32. The van der Waals surface area contributed by atoms with Gasteiger partial charge in [0.25, 0.3) is 0 Å². The van der Waals surface area contributed by atoms with Crippen LogP contribution in [-0.2, 0) is 0 Å². The fraction of sp³-hybridized carbons (Fsp3) is 0.214. The topological polar surface area (TPSA) is 50.9 Å². The molecule has 1 aromatic carbocycles. The molecule has 19 heavy (non-hydrogen) atoms. The quantitative estimate of drug-likeness (QED) is 0.661. The molecule has 0 radical (unpaired) electrons. The third-order valence-corrected chi connectivity index (χ3v) is 3.15. The standard InChI is InChI=1S/C14H15F2N3/c1-8-3-4-18-7-11(8)14(19-17)10-5-9(2)12(15)6-13(10)16/h3-7,14,19H,17H2,1-2H3. The summed E-state index contributed by atoms with van der Waals surface area (Å²) in [6, 6.07) is 3.59. The molecule has 0 fully saturated rings. The molecule has 0 spiro atoms. The number of halogens is 2. The normalized spacial score (nSPS) is 12.5. The summed E-state index contributed by atoms with van der Waals surface area (Å²) in [6.07, 6.45) is 3.27. The highest BCUT2D eigenvalue weighted by Crippen LogP contribution is 2.27. The lowest BCUT2D eigenvalue weighted by atomic mass is 9.95. The molecule has 1 atom stereocenters. The molecule has 1 aromatic heterocycles. The predicted molar refractivity (Wildman–Crippen MR) is 69.2 cm³/mol. The molecule has 2 rings (SSSR count). The Hall–Kier alpha value is -1.85. The molecule has 2 aromatic rings. The van der Waals surface area contributed by atoms with Crippen molar-refractivity contribution in [2.45, 2.75) is 19.9 Å². The summed E-state index contributed by atoms with van der Waals surface area (Å²) in [5.41, 5.74) is 4.93. The lowest BCUT2D eigenvalue weighted by Gasteiger charge is -2.19. The zero-order valence-corrected chi connectivity index (χ0v) is 10.7. The van der Waals surface area contributed by atoms with E-state index >= 15 is 0 Å². The highest BCUT2D eigenvalue weighted by molar-refractivity contribution is 5.37. The first kappa shape index (κ1) is 13.6. The van der Waals surface area contributed by atoms with Crippen LogP contribution in [0.3, 0.4) is 0 Å². The highest BCUT2D eigenvalue weighted by Gasteiger charge is 2.20. The van der Waals surface area contributed by atoms with E-state index in [1.165, 1.54) is 6.07 Å². The van der Waals surface area contributed by atoms with E-state index < -0.39 is 17.7 Å². The molecule has 3 nitrogen and oxygen atoms in total. The number of aromatic nitrogens is 1. The maximum Gasteiger partial charge on any atom is 0.131 e. The smallest absolute Gasteiger partial charge is 0.131 e. The summed E-state index contributed by atoms with van der Waals surface area (Å²) in [4.78, 5) is 4.02. The first-order chi connectivity index (χ1) is 9.04. The molecule has 0 aliphatic heterocycles. The third kappa shape index (κ3) is 2.62. The number of benzene rings is 1. The first-order valence-corrected chi connectivity index (χ1v) is 5.86. The van der Waals surface area contributed by atoms with Gasteiger partial charge in [-0.05, 0) is 42.7 Å². The van der Waals surface area contributed by atoms with Gasteiger partial charge in [0, 0.05) is 24.0 Å². The van der Waals surface area contributed by atoms with Crippen molar-refractivity contribution in [2.75, 3.05) is 0 Å². The highest BCUT2D eigenvalue weighted by atomic mass is 19.1. The molecule has 1 unspecified atom stereocenters. The van der Waals surface area contributed by atoms with Gasteiger partial charge in [0.1, 0.15) is 11.6 Å². The first-order valence-electron chi connectivity index (χ1n) is 5.86. The Morgan fingerprint density at radius 3 is 2.47 bits per heavy atom. The Morgan fingerprint density at radius 2 is 1.84 bits per heavy atom. The molecule has 5 heteroatoms. The molecule has 1 heterocycles. The van der Waals surface area contributed by atoms with Crippen LogP contribution in [0.4, 0.5) is 8.78 Å². The fourth-order valence-electron chi connectivity index (χ4n) is 2.03. The Morgan fingerprint density at radius 1 is 1.11 bits per heavy atom. The second-order valence-corrected chi connectivity index (χ2v) is 4.45. The minimum atomic E-state index is -0.630. The van der Waals surface area contributed by atoms with Crippen molar-refractivity contribution in [3.05, 3.63) is 64.5 Å². The minimum Gasteiger partial charge on any atom is -0.271 e. The van der Waals surface area contributed by atoms with Crippen molar-refractivity contribution in [3.8, 4) is 0 Å². The van der Waals surface area contributed by atoms with Crippen molar-refractivity contribution in [3.63, 3.8) is 0 Å². The van der Waals surface area contributed by atoms with Gasteiger partial charge in [0.15, 0.2) is 0 Å². The molecule has 0 aliphatic carbocycles. The monoisotopic (exact) mass is 263 g/mol. The van der Waals surface area contributed by atoms with E-state index in [0.717, 1.165) is 17.2 Å². The van der Waals surface area contributed by atoms with Gasteiger partial charge < -0.3 is 0 Å². The number of hydrogen-bond acceptors (Lipinski definition) is 3. The van der Waals surface area contributed by atoms with Crippen molar-refractivity contribution < 1.29 is 8.78 Å². The van der Waals surface area contributed by atoms with Gasteiger partial charge in [-0.25, -0.2) is 14.2 Å². The lowest BCUT2D eigenvalue weighted by molar-refractivity contribution is 0.537. The van der Waals surface area contributed by atoms with E-state index in [-0.39, 0.29) is 0 Å². The summed E-state index contributed by atoms with van der Waals surface area (Å²) < 4.78 is 27.2. The average molecular weight is 263 g/mol. The van der Waals surface area contributed by atoms with Gasteiger partial charge in [-0.15, -0.1) is 0 Å². The van der Waals surface area contributed by atoms with Crippen molar-refractivity contribution in [2.24, 2.45) is 5.84 Å². The number of nitrogens with zero attached hydrogens (tertiary/aromatic N) is 1. The molecule has 3 N–H and O–H groups in total. The van der Waals surface area contributed by atoms with Crippen LogP contribution in [0.25, 0.3) is 0 Å². The molecule has 0 amide bonds. The largest absolute Gasteiger partial charge is 0.271 e. The molecule has 100 valence electrons. The number of hydrazine groups is 1. The van der Waals surface area contributed by atoms with Crippen LogP contribution in [0.5, 0.6) is 0 Å². The van der Waals surface area contributed by atoms with Crippen LogP contribution in [0.1, 0.15) is 28.3 Å². The van der Waals surface area contributed by atoms with Crippen LogP contribution in [0.2, 0.25) is 0 Å². The Labute approximate surface area is 110 Å². The number of nitrogens with one attached hydrogen (secondary N) is 1. The van der Waals surface area contributed by atoms with Crippen LogP contribution >= 0.6 is 0 Å². The van der Waals surface area contributed by atoms with Gasteiger partial charge >= 0.3 is 0 Å². The second-order valence-electron chi connectivity index (χ2n) is 4.45. The van der Waals surface area contributed by atoms with Crippen LogP contribution in [0.15, 0.2) is 30.6 Å². The summed E-state index contributed by atoms with van der Waals surface area (Å²) in [6.45, 7) is 3.47. The molecular weight excluding hydrogens is 248 g/mol. The second kappa shape index (κ2) is 5.42. The number of aryl methyl sites for hydroxylation is 2. The molecule has 0 saturated heterocycles. The van der Waals surface area contributed by atoms with E-state index in [1.807, 2.05) is 13.0 Å². The zero-order chi connectivity index (χ0) is 14.0. The average Bonchev–Trinajstić information content (AvgIpc) is 2.38. The number of hydrogen-bond donors (Lipinski definition) is 2. The van der Waals surface area contributed by atoms with E-state index in [1.54, 1.807) is 19.3 Å². The zero-order valence-electron chi connectivity index (χ0n) is 10.7. The predicted octanol–water partition coefficient (Wildman–Crippen LogP) is 2.53. The fourth-order valence-corrected chi connectivity index (χ4v) is 2.03. The number of pyridine rings is 1. The van der Waals surface area contributed by atoms with Gasteiger partial charge in [-0.2, -0.15) is 0 Å². The van der Waals surface area contributed by atoms with Crippen LogP contribution in [0, 0.1) is 25.5 Å². The third-order valence-electron chi connectivity index (χ3n) is 3.15. The number of rotatable bonds is 3. The summed E-state index contributed by atoms with van der Waals surface area (Å²) in [5, 5.41) is 0. The molecular formula is C14H15F2N3. The maximum atomic E-state index is 13.9.